The van der Waals surface area contributed by atoms with Gasteiger partial charge in [-0.3, -0.25) is 4.79 Å². The Morgan fingerprint density at radius 3 is 2.40 bits per heavy atom. The van der Waals surface area contributed by atoms with Crippen molar-refractivity contribution >= 4 is 15.9 Å². The first-order valence-corrected chi connectivity index (χ1v) is 7.58. The van der Waals surface area contributed by atoms with E-state index in [1.54, 1.807) is 6.07 Å². The van der Waals surface area contributed by atoms with Gasteiger partial charge in [-0.05, 0) is 38.5 Å². The van der Waals surface area contributed by atoms with Gasteiger partial charge in [0.1, 0.15) is 10.6 Å². The Hall–Kier alpha value is -1.60. The second-order valence-electron chi connectivity index (χ2n) is 5.51. The van der Waals surface area contributed by atoms with Gasteiger partial charge >= 0.3 is 0 Å². The molecule has 0 unspecified atom stereocenters. The van der Waals surface area contributed by atoms with Crippen LogP contribution in [0.15, 0.2) is 23.1 Å². The number of amides is 1. The quantitative estimate of drug-likeness (QED) is 0.859. The van der Waals surface area contributed by atoms with Gasteiger partial charge in [0.25, 0.3) is 0 Å². The van der Waals surface area contributed by atoms with Crippen molar-refractivity contribution in [3.8, 4) is 5.75 Å². The van der Waals surface area contributed by atoms with E-state index in [1.807, 2.05) is 20.8 Å². The molecule has 0 fully saturated rings. The molecule has 0 aliphatic carbocycles. The van der Waals surface area contributed by atoms with Crippen LogP contribution in [0.3, 0.4) is 0 Å². The number of rotatable bonds is 4. The van der Waals surface area contributed by atoms with E-state index in [9.17, 15) is 13.2 Å². The molecule has 20 heavy (non-hydrogen) atoms. The normalized spacial score (nSPS) is 12.1. The monoisotopic (exact) mass is 300 g/mol. The molecule has 0 bridgehead atoms. The topological polar surface area (TPSA) is 98.5 Å². The Labute approximate surface area is 119 Å². The van der Waals surface area contributed by atoms with Gasteiger partial charge in [0, 0.05) is 5.54 Å². The van der Waals surface area contributed by atoms with Crippen molar-refractivity contribution < 1.29 is 17.9 Å². The first-order valence-electron chi connectivity index (χ1n) is 6.03. The van der Waals surface area contributed by atoms with Crippen molar-refractivity contribution in [3.05, 3.63) is 23.8 Å². The van der Waals surface area contributed by atoms with E-state index in [2.05, 4.69) is 5.32 Å². The Morgan fingerprint density at radius 2 is 1.95 bits per heavy atom. The SMILES string of the molecule is COc1ccc(CC(=O)NC(C)(C)C)cc1S(N)(=O)=O. The second-order valence-corrected chi connectivity index (χ2v) is 7.04. The van der Waals surface area contributed by atoms with Crippen molar-refractivity contribution in [2.45, 2.75) is 37.6 Å². The molecule has 6 nitrogen and oxygen atoms in total. The number of ether oxygens (including phenoxy) is 1. The number of hydrogen-bond acceptors (Lipinski definition) is 4. The zero-order valence-electron chi connectivity index (χ0n) is 12.1. The summed E-state index contributed by atoms with van der Waals surface area (Å²) in [6.45, 7) is 5.61. The van der Waals surface area contributed by atoms with Crippen molar-refractivity contribution in [3.63, 3.8) is 0 Å². The smallest absolute Gasteiger partial charge is 0.241 e. The minimum atomic E-state index is -3.90. The largest absolute Gasteiger partial charge is 0.495 e. The molecule has 7 heteroatoms. The van der Waals surface area contributed by atoms with Gasteiger partial charge < -0.3 is 10.1 Å². The third-order valence-corrected chi connectivity index (χ3v) is 3.35. The van der Waals surface area contributed by atoms with Crippen molar-refractivity contribution in [2.24, 2.45) is 5.14 Å². The second kappa shape index (κ2) is 5.80. The molecule has 1 aromatic rings. The summed E-state index contributed by atoms with van der Waals surface area (Å²) in [5.74, 6) is -0.0319. The van der Waals surface area contributed by atoms with Gasteiger partial charge in [0.15, 0.2) is 0 Å². The van der Waals surface area contributed by atoms with Gasteiger partial charge in [-0.2, -0.15) is 0 Å². The molecule has 0 heterocycles. The molecule has 0 saturated carbocycles. The highest BCUT2D eigenvalue weighted by Crippen LogP contribution is 2.24. The van der Waals surface area contributed by atoms with Crippen LogP contribution in [0.25, 0.3) is 0 Å². The number of hydrogen-bond donors (Lipinski definition) is 2. The zero-order valence-corrected chi connectivity index (χ0v) is 12.9. The Kier molecular flexibility index (Phi) is 4.77. The van der Waals surface area contributed by atoms with Crippen LogP contribution in [-0.2, 0) is 21.2 Å². The number of benzene rings is 1. The molecule has 0 aromatic heterocycles. The lowest BCUT2D eigenvalue weighted by atomic mass is 10.1. The summed E-state index contributed by atoms with van der Waals surface area (Å²) in [7, 11) is -2.54. The summed E-state index contributed by atoms with van der Waals surface area (Å²) in [5.41, 5.74) is 0.211. The Balaban J connectivity index is 3.02. The molecule has 3 N–H and O–H groups in total. The molecular weight excluding hydrogens is 280 g/mol. The van der Waals surface area contributed by atoms with Crippen LogP contribution in [0.2, 0.25) is 0 Å². The number of methoxy groups -OCH3 is 1. The molecule has 0 saturated heterocycles. The lowest BCUT2D eigenvalue weighted by Crippen LogP contribution is -2.41. The van der Waals surface area contributed by atoms with Crippen molar-refractivity contribution in [2.75, 3.05) is 7.11 Å². The van der Waals surface area contributed by atoms with Crippen molar-refractivity contribution in [1.29, 1.82) is 0 Å². The predicted octanol–water partition coefficient (Wildman–Crippen LogP) is 0.800. The number of nitrogens with two attached hydrogens (primary N) is 1. The summed E-state index contributed by atoms with van der Waals surface area (Å²) in [4.78, 5) is 11.7. The maximum absolute atomic E-state index is 11.8. The maximum Gasteiger partial charge on any atom is 0.241 e. The average Bonchev–Trinajstić information content (AvgIpc) is 2.25. The predicted molar refractivity (Wildman–Crippen MR) is 76.0 cm³/mol. The van der Waals surface area contributed by atoms with Gasteiger partial charge in [-0.15, -0.1) is 0 Å². The fourth-order valence-corrected chi connectivity index (χ4v) is 2.45. The van der Waals surface area contributed by atoms with Crippen LogP contribution in [0.5, 0.6) is 5.75 Å². The first kappa shape index (κ1) is 16.5. The Bertz CT molecular complexity index is 603. The molecule has 0 spiro atoms. The highest BCUT2D eigenvalue weighted by molar-refractivity contribution is 7.89. The minimum absolute atomic E-state index is 0.0732. The van der Waals surface area contributed by atoms with Crippen molar-refractivity contribution in [1.82, 2.24) is 5.32 Å². The number of carbonyl (C=O) groups excluding carboxylic acids is 1. The van der Waals surface area contributed by atoms with E-state index in [0.717, 1.165) is 0 Å². The fraction of sp³-hybridized carbons (Fsp3) is 0.462. The van der Waals surface area contributed by atoms with Crippen LogP contribution >= 0.6 is 0 Å². The van der Waals surface area contributed by atoms with E-state index in [0.29, 0.717) is 5.56 Å². The third kappa shape index (κ3) is 4.82. The molecule has 0 atom stereocenters. The summed E-state index contributed by atoms with van der Waals surface area (Å²) in [5, 5.41) is 7.93. The van der Waals surface area contributed by atoms with E-state index in [1.165, 1.54) is 19.2 Å². The summed E-state index contributed by atoms with van der Waals surface area (Å²) >= 11 is 0. The molecule has 0 radical (unpaired) electrons. The van der Waals surface area contributed by atoms with Gasteiger partial charge in [-0.25, -0.2) is 13.6 Å². The average molecular weight is 300 g/mol. The lowest BCUT2D eigenvalue weighted by molar-refractivity contribution is -0.121. The molecule has 1 aromatic carbocycles. The van der Waals surface area contributed by atoms with E-state index in [-0.39, 0.29) is 28.5 Å². The number of primary sulfonamides is 1. The minimum Gasteiger partial charge on any atom is -0.495 e. The van der Waals surface area contributed by atoms with E-state index >= 15 is 0 Å². The number of sulfonamides is 1. The van der Waals surface area contributed by atoms with Crippen LogP contribution in [0, 0.1) is 0 Å². The number of nitrogens with one attached hydrogen (secondary N) is 1. The van der Waals surface area contributed by atoms with E-state index < -0.39 is 10.0 Å². The zero-order chi connectivity index (χ0) is 15.6. The van der Waals surface area contributed by atoms with Gasteiger partial charge in [-0.1, -0.05) is 6.07 Å². The summed E-state index contributed by atoms with van der Waals surface area (Å²) in [6, 6.07) is 4.48. The molecule has 1 rings (SSSR count). The maximum atomic E-state index is 11.8. The Morgan fingerprint density at radius 1 is 1.35 bits per heavy atom. The first-order chi connectivity index (χ1) is 9.03. The van der Waals surface area contributed by atoms with Gasteiger partial charge in [0.05, 0.1) is 13.5 Å². The molecule has 1 amide bonds. The molecule has 0 aliphatic rings. The third-order valence-electron chi connectivity index (χ3n) is 2.41. The molecular formula is C13H20N2O4S. The molecule has 0 aliphatic heterocycles. The standard InChI is InChI=1S/C13H20N2O4S/c1-13(2,3)15-12(16)8-9-5-6-10(19-4)11(7-9)20(14,17)18/h5-7H,8H2,1-4H3,(H,15,16)(H2,14,17,18). The summed E-state index contributed by atoms with van der Waals surface area (Å²) < 4.78 is 27.9. The highest BCUT2D eigenvalue weighted by atomic mass is 32.2. The lowest BCUT2D eigenvalue weighted by Gasteiger charge is -2.20. The van der Waals surface area contributed by atoms with Crippen LogP contribution in [0.4, 0.5) is 0 Å². The highest BCUT2D eigenvalue weighted by Gasteiger charge is 2.18. The van der Waals surface area contributed by atoms with Crippen LogP contribution < -0.4 is 15.2 Å². The van der Waals surface area contributed by atoms with Crippen LogP contribution in [0.1, 0.15) is 26.3 Å². The number of carbonyl (C=O) groups is 1. The van der Waals surface area contributed by atoms with Crippen LogP contribution in [-0.4, -0.2) is 27.0 Å². The summed E-state index contributed by atoms with van der Waals surface area (Å²) in [6.07, 6.45) is 0.0732. The fourth-order valence-electron chi connectivity index (χ4n) is 1.70. The van der Waals surface area contributed by atoms with Gasteiger partial charge in [0.2, 0.25) is 15.9 Å². The molecule has 112 valence electrons. The van der Waals surface area contributed by atoms with E-state index in [4.69, 9.17) is 9.88 Å².